The van der Waals surface area contributed by atoms with E-state index >= 15 is 0 Å². The second-order valence-electron chi connectivity index (χ2n) is 8.17. The molecule has 1 N–H and O–H groups in total. The molecule has 8 nitrogen and oxygen atoms in total. The van der Waals surface area contributed by atoms with Gasteiger partial charge in [-0.3, -0.25) is 19.3 Å². The number of aryl methyl sites for hydroxylation is 1. The molecule has 3 amide bonds. The van der Waals surface area contributed by atoms with Crippen molar-refractivity contribution >= 4 is 56.5 Å². The smallest absolute Gasteiger partial charge is 0.293 e. The van der Waals surface area contributed by atoms with E-state index in [1.165, 1.54) is 0 Å². The maximum Gasteiger partial charge on any atom is 0.293 e. The number of benzene rings is 3. The third-order valence-corrected chi connectivity index (χ3v) is 7.07. The molecule has 0 aliphatic carbocycles. The number of halogens is 1. The van der Waals surface area contributed by atoms with E-state index in [9.17, 15) is 14.4 Å². The summed E-state index contributed by atoms with van der Waals surface area (Å²) < 4.78 is 17.2. The van der Waals surface area contributed by atoms with Crippen LogP contribution in [0.15, 0.2) is 76.1 Å². The maximum atomic E-state index is 12.8. The molecule has 10 heteroatoms. The predicted octanol–water partition coefficient (Wildman–Crippen LogP) is 5.90. The lowest BCUT2D eigenvalue weighted by atomic mass is 10.2. The Balaban J connectivity index is 1.33. The van der Waals surface area contributed by atoms with Crippen molar-refractivity contribution in [2.75, 3.05) is 32.2 Å². The molecule has 0 atom stereocenters. The highest BCUT2D eigenvalue weighted by Crippen LogP contribution is 2.34. The first-order valence-electron chi connectivity index (χ1n) is 11.6. The maximum absolute atomic E-state index is 12.8. The number of ether oxygens (including phenoxy) is 3. The molecule has 1 aliphatic rings. The van der Waals surface area contributed by atoms with Crippen LogP contribution in [0.25, 0.3) is 6.08 Å². The van der Waals surface area contributed by atoms with E-state index in [4.69, 9.17) is 14.2 Å². The first kappa shape index (κ1) is 27.3. The Morgan fingerprint density at radius 2 is 1.74 bits per heavy atom. The molecule has 1 fully saturated rings. The lowest BCUT2D eigenvalue weighted by molar-refractivity contribution is -0.123. The minimum atomic E-state index is -0.382. The highest BCUT2D eigenvalue weighted by atomic mass is 79.9. The number of hydrogen-bond donors (Lipinski definition) is 1. The Labute approximate surface area is 233 Å². The van der Waals surface area contributed by atoms with Crippen LogP contribution in [0.4, 0.5) is 10.5 Å². The number of para-hydroxylation sites is 3. The van der Waals surface area contributed by atoms with E-state index in [0.29, 0.717) is 32.2 Å². The van der Waals surface area contributed by atoms with Gasteiger partial charge in [0.25, 0.3) is 17.1 Å². The van der Waals surface area contributed by atoms with Gasteiger partial charge in [-0.2, -0.15) is 0 Å². The first-order valence-corrected chi connectivity index (χ1v) is 13.3. The van der Waals surface area contributed by atoms with Crippen LogP contribution in [-0.2, 0) is 9.59 Å². The largest absolute Gasteiger partial charge is 0.493 e. The summed E-state index contributed by atoms with van der Waals surface area (Å²) in [6.45, 7) is 2.00. The Morgan fingerprint density at radius 1 is 1.00 bits per heavy atom. The van der Waals surface area contributed by atoms with Crippen LogP contribution in [-0.4, -0.2) is 48.8 Å². The number of rotatable bonds is 10. The van der Waals surface area contributed by atoms with Gasteiger partial charge in [-0.15, -0.1) is 0 Å². The monoisotopic (exact) mass is 596 g/mol. The number of anilines is 1. The zero-order valence-corrected chi connectivity index (χ0v) is 23.1. The van der Waals surface area contributed by atoms with Crippen molar-refractivity contribution in [2.45, 2.75) is 6.92 Å². The van der Waals surface area contributed by atoms with Crippen LogP contribution >= 0.6 is 27.7 Å². The van der Waals surface area contributed by atoms with Gasteiger partial charge in [-0.25, -0.2) is 0 Å². The number of amides is 3. The highest BCUT2D eigenvalue weighted by Gasteiger charge is 2.34. The molecule has 196 valence electrons. The van der Waals surface area contributed by atoms with E-state index in [0.717, 1.165) is 27.9 Å². The average molecular weight is 597 g/mol. The minimum absolute atomic E-state index is 0.112. The van der Waals surface area contributed by atoms with Gasteiger partial charge < -0.3 is 19.5 Å². The van der Waals surface area contributed by atoms with Crippen molar-refractivity contribution in [2.24, 2.45) is 0 Å². The minimum Gasteiger partial charge on any atom is -0.493 e. The normalized spacial score (nSPS) is 14.1. The average Bonchev–Trinajstić information content (AvgIpc) is 3.17. The highest BCUT2D eigenvalue weighted by molar-refractivity contribution is 9.10. The summed E-state index contributed by atoms with van der Waals surface area (Å²) in [5.74, 6) is 0.930. The Morgan fingerprint density at radius 3 is 2.47 bits per heavy atom. The van der Waals surface area contributed by atoms with Gasteiger partial charge in [0.2, 0.25) is 0 Å². The third kappa shape index (κ3) is 6.76. The third-order valence-electron chi connectivity index (χ3n) is 5.55. The Hall–Kier alpha value is -3.76. The summed E-state index contributed by atoms with van der Waals surface area (Å²) in [7, 11) is 1.55. The summed E-state index contributed by atoms with van der Waals surface area (Å²) in [5, 5.41) is 2.46. The second kappa shape index (κ2) is 12.7. The quantitative estimate of drug-likeness (QED) is 0.291. The molecule has 0 unspecified atom stereocenters. The number of nitrogens with one attached hydrogen (secondary N) is 1. The van der Waals surface area contributed by atoms with Gasteiger partial charge in [-0.1, -0.05) is 36.4 Å². The standard InChI is InChI=1S/C28H25BrN2O6S/c1-18-7-3-4-8-21(18)30-26(32)17-37-22-12-11-19(15-20(22)29)16-25-27(33)31(28(34)38-25)13-14-36-24-10-6-5-9-23(24)35-2/h3-12,15-16H,13-14,17H2,1-2H3,(H,30,32)/b25-16-. The van der Waals surface area contributed by atoms with Gasteiger partial charge in [0.1, 0.15) is 12.4 Å². The van der Waals surface area contributed by atoms with Gasteiger partial charge >= 0.3 is 0 Å². The zero-order chi connectivity index (χ0) is 27.1. The van der Waals surface area contributed by atoms with Crippen molar-refractivity contribution in [3.8, 4) is 17.2 Å². The number of methoxy groups -OCH3 is 1. The van der Waals surface area contributed by atoms with Crippen LogP contribution in [0.2, 0.25) is 0 Å². The van der Waals surface area contributed by atoms with Crippen LogP contribution < -0.4 is 19.5 Å². The number of imide groups is 1. The number of nitrogens with zero attached hydrogens (tertiary/aromatic N) is 1. The molecule has 3 aromatic carbocycles. The molecule has 1 heterocycles. The molecule has 4 rings (SSSR count). The molecule has 0 saturated carbocycles. The molecule has 0 aromatic heterocycles. The molecular weight excluding hydrogens is 572 g/mol. The second-order valence-corrected chi connectivity index (χ2v) is 10.0. The molecule has 1 saturated heterocycles. The van der Waals surface area contributed by atoms with Crippen molar-refractivity contribution < 1.29 is 28.6 Å². The Bertz CT molecular complexity index is 1390. The molecule has 3 aromatic rings. The Kier molecular flexibility index (Phi) is 9.09. The van der Waals surface area contributed by atoms with Gasteiger partial charge in [0.05, 0.1) is 23.0 Å². The van der Waals surface area contributed by atoms with E-state index < -0.39 is 0 Å². The molecule has 1 aliphatic heterocycles. The zero-order valence-electron chi connectivity index (χ0n) is 20.7. The van der Waals surface area contributed by atoms with Gasteiger partial charge in [0, 0.05) is 5.69 Å². The van der Waals surface area contributed by atoms with Crippen molar-refractivity contribution in [1.29, 1.82) is 0 Å². The summed E-state index contributed by atoms with van der Waals surface area (Å²) in [6, 6.07) is 19.9. The number of thioether (sulfide) groups is 1. The lowest BCUT2D eigenvalue weighted by Gasteiger charge is -2.14. The SMILES string of the molecule is COc1ccccc1OCCN1C(=O)S/C(=C\c2ccc(OCC(=O)Nc3ccccc3C)c(Br)c2)C1=O. The van der Waals surface area contributed by atoms with Crippen molar-refractivity contribution in [1.82, 2.24) is 4.90 Å². The fraction of sp³-hybridized carbons (Fsp3) is 0.179. The number of carbonyl (C=O) groups excluding carboxylic acids is 3. The van der Waals surface area contributed by atoms with E-state index in [1.54, 1.807) is 43.5 Å². The van der Waals surface area contributed by atoms with Crippen LogP contribution in [0.5, 0.6) is 17.2 Å². The van der Waals surface area contributed by atoms with Crippen LogP contribution in [0.1, 0.15) is 11.1 Å². The predicted molar refractivity (Wildman–Crippen MR) is 151 cm³/mol. The molecule has 0 radical (unpaired) electrons. The first-order chi connectivity index (χ1) is 18.4. The fourth-order valence-electron chi connectivity index (χ4n) is 3.60. The summed E-state index contributed by atoms with van der Waals surface area (Å²) in [6.07, 6.45) is 1.64. The molecule has 0 spiro atoms. The molecule has 38 heavy (non-hydrogen) atoms. The topological polar surface area (TPSA) is 94.2 Å². The lowest BCUT2D eigenvalue weighted by Crippen LogP contribution is -2.32. The van der Waals surface area contributed by atoms with E-state index in [2.05, 4.69) is 21.2 Å². The fourth-order valence-corrected chi connectivity index (χ4v) is 4.97. The van der Waals surface area contributed by atoms with Crippen molar-refractivity contribution in [3.63, 3.8) is 0 Å². The molecular formula is C28H25BrN2O6S. The number of carbonyl (C=O) groups is 3. The van der Waals surface area contributed by atoms with Crippen LogP contribution in [0.3, 0.4) is 0 Å². The van der Waals surface area contributed by atoms with E-state index in [1.807, 2.05) is 43.3 Å². The van der Waals surface area contributed by atoms with E-state index in [-0.39, 0.29) is 36.8 Å². The number of hydrogen-bond acceptors (Lipinski definition) is 7. The summed E-state index contributed by atoms with van der Waals surface area (Å²) >= 11 is 4.33. The van der Waals surface area contributed by atoms with Gasteiger partial charge in [-0.05, 0) is 82.2 Å². The van der Waals surface area contributed by atoms with Gasteiger partial charge in [0.15, 0.2) is 18.1 Å². The van der Waals surface area contributed by atoms with Crippen molar-refractivity contribution in [3.05, 3.63) is 87.2 Å². The summed E-state index contributed by atoms with van der Waals surface area (Å²) in [4.78, 5) is 39.0. The molecule has 0 bridgehead atoms. The summed E-state index contributed by atoms with van der Waals surface area (Å²) in [5.41, 5.74) is 2.39. The van der Waals surface area contributed by atoms with Crippen LogP contribution in [0, 0.1) is 6.92 Å².